The Kier molecular flexibility index (Phi) is 5.59. The SMILES string of the molecule is COc1ccc([N+](=O)[O-])cc1NC(=O)COC(=O)c1cc2ccccc2cc1O. The summed E-state index contributed by atoms with van der Waals surface area (Å²) in [5.41, 5.74) is -0.250. The van der Waals surface area contributed by atoms with Crippen LogP contribution >= 0.6 is 0 Å². The van der Waals surface area contributed by atoms with Gasteiger partial charge in [-0.05, 0) is 29.0 Å². The van der Waals surface area contributed by atoms with Crippen LogP contribution < -0.4 is 10.1 Å². The lowest BCUT2D eigenvalue weighted by molar-refractivity contribution is -0.384. The number of carbonyl (C=O) groups is 2. The largest absolute Gasteiger partial charge is 0.507 e. The number of amides is 1. The number of fused-ring (bicyclic) bond motifs is 1. The van der Waals surface area contributed by atoms with E-state index in [4.69, 9.17) is 9.47 Å². The summed E-state index contributed by atoms with van der Waals surface area (Å²) in [5.74, 6) is -1.66. The maximum Gasteiger partial charge on any atom is 0.342 e. The molecule has 3 rings (SSSR count). The average Bonchev–Trinajstić information content (AvgIpc) is 2.71. The Balaban J connectivity index is 1.70. The number of hydrogen-bond donors (Lipinski definition) is 2. The van der Waals surface area contributed by atoms with E-state index in [1.54, 1.807) is 24.3 Å². The van der Waals surface area contributed by atoms with Gasteiger partial charge in [0.05, 0.1) is 17.7 Å². The van der Waals surface area contributed by atoms with Crippen molar-refractivity contribution in [3.63, 3.8) is 0 Å². The molecule has 0 aliphatic carbocycles. The molecule has 148 valence electrons. The molecule has 0 heterocycles. The minimum Gasteiger partial charge on any atom is -0.507 e. The first-order valence-corrected chi connectivity index (χ1v) is 8.40. The van der Waals surface area contributed by atoms with Gasteiger partial charge in [-0.2, -0.15) is 0 Å². The van der Waals surface area contributed by atoms with Gasteiger partial charge >= 0.3 is 5.97 Å². The maximum absolute atomic E-state index is 12.3. The van der Waals surface area contributed by atoms with E-state index in [0.29, 0.717) is 0 Å². The summed E-state index contributed by atoms with van der Waals surface area (Å²) in [7, 11) is 1.35. The topological polar surface area (TPSA) is 128 Å². The number of hydrogen-bond acceptors (Lipinski definition) is 7. The molecule has 0 fully saturated rings. The van der Waals surface area contributed by atoms with Gasteiger partial charge in [-0.3, -0.25) is 14.9 Å². The van der Waals surface area contributed by atoms with Crippen LogP contribution in [0.1, 0.15) is 10.4 Å². The number of nitrogens with one attached hydrogen (secondary N) is 1. The van der Waals surface area contributed by atoms with Crippen molar-refractivity contribution in [3.8, 4) is 11.5 Å². The number of phenolic OH excluding ortho intramolecular Hbond substituents is 1. The molecule has 0 saturated heterocycles. The number of carbonyl (C=O) groups excluding carboxylic acids is 2. The molecule has 0 unspecified atom stereocenters. The number of rotatable bonds is 6. The fraction of sp³-hybridized carbons (Fsp3) is 0.100. The highest BCUT2D eigenvalue weighted by atomic mass is 16.6. The lowest BCUT2D eigenvalue weighted by Gasteiger charge is -2.11. The number of non-ortho nitro benzene ring substituents is 1. The molecular formula is C20H16N2O7. The van der Waals surface area contributed by atoms with Crippen LogP contribution in [-0.4, -0.2) is 35.6 Å². The van der Waals surface area contributed by atoms with Crippen molar-refractivity contribution in [2.75, 3.05) is 19.0 Å². The summed E-state index contributed by atoms with van der Waals surface area (Å²) < 4.78 is 10.0. The maximum atomic E-state index is 12.3. The van der Waals surface area contributed by atoms with Crippen molar-refractivity contribution >= 4 is 34.0 Å². The number of nitro benzene ring substituents is 1. The Morgan fingerprint density at radius 3 is 2.45 bits per heavy atom. The number of benzene rings is 3. The van der Waals surface area contributed by atoms with Gasteiger partial charge in [0.1, 0.15) is 17.1 Å². The van der Waals surface area contributed by atoms with Gasteiger partial charge in [-0.1, -0.05) is 24.3 Å². The van der Waals surface area contributed by atoms with Crippen molar-refractivity contribution in [1.82, 2.24) is 0 Å². The molecule has 0 atom stereocenters. The second kappa shape index (κ2) is 8.26. The van der Waals surface area contributed by atoms with Gasteiger partial charge in [0.25, 0.3) is 11.6 Å². The van der Waals surface area contributed by atoms with Crippen molar-refractivity contribution < 1.29 is 29.1 Å². The molecule has 0 bridgehead atoms. The van der Waals surface area contributed by atoms with Crippen molar-refractivity contribution in [1.29, 1.82) is 0 Å². The third-order valence-corrected chi connectivity index (χ3v) is 4.09. The van der Waals surface area contributed by atoms with Crippen LogP contribution in [0, 0.1) is 10.1 Å². The number of nitrogens with zero attached hydrogens (tertiary/aromatic N) is 1. The second-order valence-corrected chi connectivity index (χ2v) is 5.98. The van der Waals surface area contributed by atoms with Crippen LogP contribution in [0.15, 0.2) is 54.6 Å². The first-order valence-electron chi connectivity index (χ1n) is 8.40. The Labute approximate surface area is 164 Å². The van der Waals surface area contributed by atoms with Crippen molar-refractivity contribution in [2.45, 2.75) is 0 Å². The number of anilines is 1. The average molecular weight is 396 g/mol. The Hall–Kier alpha value is -4.14. The molecule has 0 aliphatic rings. The highest BCUT2D eigenvalue weighted by Gasteiger charge is 2.17. The number of esters is 1. The molecule has 0 aromatic heterocycles. The molecule has 3 aromatic rings. The van der Waals surface area contributed by atoms with Gasteiger partial charge in [-0.15, -0.1) is 0 Å². The van der Waals surface area contributed by atoms with E-state index in [1.807, 2.05) is 0 Å². The Bertz CT molecular complexity index is 1110. The predicted molar refractivity (Wildman–Crippen MR) is 104 cm³/mol. The van der Waals surface area contributed by atoms with Crippen LogP contribution in [0.5, 0.6) is 11.5 Å². The zero-order chi connectivity index (χ0) is 21.0. The van der Waals surface area contributed by atoms with Crippen LogP contribution in [0.4, 0.5) is 11.4 Å². The zero-order valence-electron chi connectivity index (χ0n) is 15.2. The zero-order valence-corrected chi connectivity index (χ0v) is 15.2. The summed E-state index contributed by atoms with van der Waals surface area (Å²) in [6.07, 6.45) is 0. The van der Waals surface area contributed by atoms with E-state index in [2.05, 4.69) is 5.32 Å². The van der Waals surface area contributed by atoms with Crippen molar-refractivity contribution in [3.05, 3.63) is 70.3 Å². The molecule has 0 aliphatic heterocycles. The molecular weight excluding hydrogens is 380 g/mol. The summed E-state index contributed by atoms with van der Waals surface area (Å²) in [6.45, 7) is -0.656. The highest BCUT2D eigenvalue weighted by molar-refractivity contribution is 6.00. The molecule has 3 aromatic carbocycles. The number of nitro groups is 1. The quantitative estimate of drug-likeness (QED) is 0.372. The number of phenols is 1. The van der Waals surface area contributed by atoms with E-state index in [-0.39, 0.29) is 28.4 Å². The Morgan fingerprint density at radius 2 is 1.79 bits per heavy atom. The fourth-order valence-corrected chi connectivity index (χ4v) is 2.69. The summed E-state index contributed by atoms with van der Waals surface area (Å²) in [4.78, 5) is 34.7. The third kappa shape index (κ3) is 4.41. The van der Waals surface area contributed by atoms with E-state index < -0.39 is 23.4 Å². The molecule has 1 amide bonds. The monoisotopic (exact) mass is 396 g/mol. The number of methoxy groups -OCH3 is 1. The van der Waals surface area contributed by atoms with Gasteiger partial charge in [0.15, 0.2) is 6.61 Å². The van der Waals surface area contributed by atoms with Crippen LogP contribution in [0.3, 0.4) is 0 Å². The van der Waals surface area contributed by atoms with Crippen LogP contribution in [-0.2, 0) is 9.53 Å². The van der Waals surface area contributed by atoms with E-state index >= 15 is 0 Å². The van der Waals surface area contributed by atoms with Gasteiger partial charge in [0.2, 0.25) is 0 Å². The van der Waals surface area contributed by atoms with Crippen molar-refractivity contribution in [2.24, 2.45) is 0 Å². The van der Waals surface area contributed by atoms with E-state index in [1.165, 1.54) is 31.4 Å². The van der Waals surface area contributed by atoms with Gasteiger partial charge in [-0.25, -0.2) is 4.79 Å². The third-order valence-electron chi connectivity index (χ3n) is 4.09. The van der Waals surface area contributed by atoms with Crippen LogP contribution in [0.25, 0.3) is 10.8 Å². The highest BCUT2D eigenvalue weighted by Crippen LogP contribution is 2.29. The normalized spacial score (nSPS) is 10.4. The summed E-state index contributed by atoms with van der Waals surface area (Å²) in [5, 5.41) is 24.8. The Morgan fingerprint density at radius 1 is 1.10 bits per heavy atom. The summed E-state index contributed by atoms with van der Waals surface area (Å²) >= 11 is 0. The van der Waals surface area contributed by atoms with E-state index in [0.717, 1.165) is 16.8 Å². The molecule has 9 heteroatoms. The first kappa shape index (κ1) is 19.6. The van der Waals surface area contributed by atoms with Crippen LogP contribution in [0.2, 0.25) is 0 Å². The molecule has 0 spiro atoms. The fourth-order valence-electron chi connectivity index (χ4n) is 2.69. The molecule has 9 nitrogen and oxygen atoms in total. The standard InChI is InChI=1S/C20H16N2O7/c1-28-18-7-6-14(22(26)27)10-16(18)21-19(24)11-29-20(25)15-8-12-4-2-3-5-13(12)9-17(15)23/h2-10,23H,11H2,1H3,(H,21,24). The minimum absolute atomic E-state index is 0.0660. The molecule has 0 radical (unpaired) electrons. The second-order valence-electron chi connectivity index (χ2n) is 5.98. The molecule has 2 N–H and O–H groups in total. The minimum atomic E-state index is -0.880. The lowest BCUT2D eigenvalue weighted by atomic mass is 10.1. The van der Waals surface area contributed by atoms with Gasteiger partial charge < -0.3 is 19.9 Å². The number of ether oxygens (including phenoxy) is 2. The first-order chi connectivity index (χ1) is 13.9. The summed E-state index contributed by atoms with van der Waals surface area (Å²) in [6, 6.07) is 13.7. The van der Waals surface area contributed by atoms with Gasteiger partial charge in [0, 0.05) is 12.1 Å². The predicted octanol–water partition coefficient (Wildman–Crippen LogP) is 3.26. The smallest absolute Gasteiger partial charge is 0.342 e. The number of aromatic hydroxyl groups is 1. The van der Waals surface area contributed by atoms with E-state index in [9.17, 15) is 24.8 Å². The molecule has 29 heavy (non-hydrogen) atoms. The lowest BCUT2D eigenvalue weighted by Crippen LogP contribution is -2.21. The molecule has 0 saturated carbocycles.